The van der Waals surface area contributed by atoms with Gasteiger partial charge in [0.15, 0.2) is 0 Å². The second kappa shape index (κ2) is 13.2. The summed E-state index contributed by atoms with van der Waals surface area (Å²) in [6.07, 6.45) is 0.288. The summed E-state index contributed by atoms with van der Waals surface area (Å²) in [5, 5.41) is 9.48. The van der Waals surface area contributed by atoms with Gasteiger partial charge in [0.1, 0.15) is 0 Å². The van der Waals surface area contributed by atoms with E-state index in [2.05, 4.69) is 26.2 Å². The maximum atomic E-state index is 12.5. The number of amides is 2. The number of carbonyl (C=O) groups excluding carboxylic acids is 4. The normalized spacial score (nSPS) is 10.9. The summed E-state index contributed by atoms with van der Waals surface area (Å²) in [5.74, 6) is -2.23. The molecular formula is C27H31N3O6. The molecule has 2 N–H and O–H groups in total. The van der Waals surface area contributed by atoms with Crippen molar-refractivity contribution in [3.8, 4) is 0 Å². The molecule has 0 bridgehead atoms. The minimum absolute atomic E-state index is 0.144. The van der Waals surface area contributed by atoms with Gasteiger partial charge in [-0.1, -0.05) is 48.5 Å². The molecule has 3 rings (SSSR count). The van der Waals surface area contributed by atoms with E-state index in [1.54, 1.807) is 0 Å². The molecule has 2 amide bonds. The Morgan fingerprint density at radius 1 is 0.722 bits per heavy atom. The molecule has 190 valence electrons. The predicted molar refractivity (Wildman–Crippen MR) is 136 cm³/mol. The summed E-state index contributed by atoms with van der Waals surface area (Å²) in [4.78, 5) is 49.7. The van der Waals surface area contributed by atoms with Crippen LogP contribution in [0.15, 0.2) is 54.6 Å². The monoisotopic (exact) mass is 493 g/mol. The van der Waals surface area contributed by atoms with Gasteiger partial charge in [0.2, 0.25) is 0 Å². The van der Waals surface area contributed by atoms with Crippen LogP contribution < -0.4 is 10.6 Å². The molecule has 0 fully saturated rings. The van der Waals surface area contributed by atoms with E-state index >= 15 is 0 Å². The van der Waals surface area contributed by atoms with Gasteiger partial charge in [-0.2, -0.15) is 0 Å². The number of nitrogens with one attached hydrogen (secondary N) is 2. The molecule has 0 radical (unpaired) electrons. The lowest BCUT2D eigenvalue weighted by molar-refractivity contribution is -0.141. The van der Waals surface area contributed by atoms with Crippen molar-refractivity contribution in [1.29, 1.82) is 0 Å². The molecule has 0 aliphatic rings. The first-order valence-corrected chi connectivity index (χ1v) is 11.7. The zero-order chi connectivity index (χ0) is 25.9. The number of esters is 2. The van der Waals surface area contributed by atoms with E-state index in [1.807, 2.05) is 53.4 Å². The Labute approximate surface area is 209 Å². The Bertz CT molecular complexity index is 1170. The lowest BCUT2D eigenvalue weighted by Crippen LogP contribution is -2.43. The second-order valence-corrected chi connectivity index (χ2v) is 8.23. The molecule has 0 unspecified atom stereocenters. The quantitative estimate of drug-likeness (QED) is 0.239. The zero-order valence-corrected chi connectivity index (χ0v) is 20.5. The largest absolute Gasteiger partial charge is 0.469 e. The fourth-order valence-electron chi connectivity index (χ4n) is 3.99. The van der Waals surface area contributed by atoms with Crippen molar-refractivity contribution < 1.29 is 28.7 Å². The minimum Gasteiger partial charge on any atom is -0.469 e. The molecule has 0 aliphatic heterocycles. The van der Waals surface area contributed by atoms with E-state index < -0.39 is 11.8 Å². The highest BCUT2D eigenvalue weighted by atomic mass is 16.5. The Morgan fingerprint density at radius 3 is 1.75 bits per heavy atom. The molecule has 0 heterocycles. The summed E-state index contributed by atoms with van der Waals surface area (Å²) in [6, 6.07) is 18.0. The number of ether oxygens (including phenoxy) is 2. The zero-order valence-electron chi connectivity index (χ0n) is 20.5. The van der Waals surface area contributed by atoms with Crippen molar-refractivity contribution in [1.82, 2.24) is 15.5 Å². The predicted octanol–water partition coefficient (Wildman–Crippen LogP) is 2.15. The summed E-state index contributed by atoms with van der Waals surface area (Å²) in [5.41, 5.74) is 0.946. The first-order chi connectivity index (χ1) is 17.4. The van der Waals surface area contributed by atoms with Crippen LogP contribution in [0.25, 0.3) is 21.5 Å². The average Bonchev–Trinajstić information content (AvgIpc) is 2.91. The minimum atomic E-state index is -0.750. The number of benzene rings is 3. The van der Waals surface area contributed by atoms with Gasteiger partial charge in [-0.3, -0.25) is 19.2 Å². The standard InChI is InChI=1S/C27H31N3O6/c1-35-24(31)11-14-30(15-12-25(32)36-2)16-13-28-26(33)27(34)29-18-23-21-9-5-3-7-19(21)17-20-8-4-6-10-22(20)23/h3-10,17H,11-16,18H2,1-2H3,(H,28,33)(H,29,34). The van der Waals surface area contributed by atoms with Gasteiger partial charge in [-0.25, -0.2) is 0 Å². The van der Waals surface area contributed by atoms with Crippen LogP contribution in [0.1, 0.15) is 18.4 Å². The van der Waals surface area contributed by atoms with E-state index in [9.17, 15) is 19.2 Å². The summed E-state index contributed by atoms with van der Waals surface area (Å²) >= 11 is 0. The Kier molecular flexibility index (Phi) is 9.76. The molecule has 9 heteroatoms. The number of methoxy groups -OCH3 is 2. The van der Waals surface area contributed by atoms with Crippen LogP contribution in [-0.4, -0.2) is 69.1 Å². The summed E-state index contributed by atoms with van der Waals surface area (Å²) < 4.78 is 9.32. The maximum absolute atomic E-state index is 12.5. The van der Waals surface area contributed by atoms with Gasteiger partial charge in [0.05, 0.1) is 27.1 Å². The maximum Gasteiger partial charge on any atom is 0.309 e. The first kappa shape index (κ1) is 26.6. The lowest BCUT2D eigenvalue weighted by atomic mass is 9.97. The third-order valence-corrected chi connectivity index (χ3v) is 5.95. The number of fused-ring (bicyclic) bond motifs is 2. The van der Waals surface area contributed by atoms with Gasteiger partial charge >= 0.3 is 23.8 Å². The average molecular weight is 494 g/mol. The van der Waals surface area contributed by atoms with Gasteiger partial charge in [0, 0.05) is 32.7 Å². The molecular weight excluding hydrogens is 462 g/mol. The number of hydrogen-bond acceptors (Lipinski definition) is 7. The van der Waals surface area contributed by atoms with E-state index in [1.165, 1.54) is 14.2 Å². The molecule has 0 aliphatic carbocycles. The van der Waals surface area contributed by atoms with Crippen LogP contribution in [0, 0.1) is 0 Å². The Morgan fingerprint density at radius 2 is 1.22 bits per heavy atom. The Balaban J connectivity index is 1.57. The summed E-state index contributed by atoms with van der Waals surface area (Å²) in [6.45, 7) is 1.42. The van der Waals surface area contributed by atoms with Gasteiger partial charge in [-0.05, 0) is 33.2 Å². The van der Waals surface area contributed by atoms with E-state index in [4.69, 9.17) is 0 Å². The van der Waals surface area contributed by atoms with Crippen molar-refractivity contribution in [2.45, 2.75) is 19.4 Å². The fourth-order valence-corrected chi connectivity index (χ4v) is 3.99. The Hall–Kier alpha value is -3.98. The molecule has 0 spiro atoms. The molecule has 0 saturated carbocycles. The highest BCUT2D eigenvalue weighted by Gasteiger charge is 2.16. The molecule has 9 nitrogen and oxygen atoms in total. The highest BCUT2D eigenvalue weighted by molar-refractivity contribution is 6.35. The molecule has 36 heavy (non-hydrogen) atoms. The fraction of sp³-hybridized carbons (Fsp3) is 0.333. The molecule has 0 atom stereocenters. The highest BCUT2D eigenvalue weighted by Crippen LogP contribution is 2.28. The van der Waals surface area contributed by atoms with Gasteiger partial charge in [-0.15, -0.1) is 0 Å². The first-order valence-electron chi connectivity index (χ1n) is 11.7. The van der Waals surface area contributed by atoms with Crippen molar-refractivity contribution in [2.75, 3.05) is 40.4 Å². The van der Waals surface area contributed by atoms with Crippen molar-refractivity contribution in [2.24, 2.45) is 0 Å². The van der Waals surface area contributed by atoms with E-state index in [-0.39, 0.29) is 37.9 Å². The van der Waals surface area contributed by atoms with Crippen LogP contribution in [0.2, 0.25) is 0 Å². The molecule has 3 aromatic carbocycles. The second-order valence-electron chi connectivity index (χ2n) is 8.23. The van der Waals surface area contributed by atoms with Crippen molar-refractivity contribution in [3.05, 3.63) is 60.2 Å². The van der Waals surface area contributed by atoms with E-state index in [0.29, 0.717) is 19.6 Å². The van der Waals surface area contributed by atoms with Crippen molar-refractivity contribution in [3.63, 3.8) is 0 Å². The number of nitrogens with zero attached hydrogens (tertiary/aromatic N) is 1. The summed E-state index contributed by atoms with van der Waals surface area (Å²) in [7, 11) is 2.61. The van der Waals surface area contributed by atoms with Crippen LogP contribution in [0.3, 0.4) is 0 Å². The van der Waals surface area contributed by atoms with Crippen LogP contribution in [-0.2, 0) is 35.2 Å². The SMILES string of the molecule is COC(=O)CCN(CCNC(=O)C(=O)NCc1c2ccccc2cc2ccccc12)CCC(=O)OC. The molecule has 0 aromatic heterocycles. The molecule has 0 saturated heterocycles. The number of hydrogen-bond donors (Lipinski definition) is 2. The third kappa shape index (κ3) is 7.26. The molecule has 3 aromatic rings. The van der Waals surface area contributed by atoms with Gasteiger partial charge < -0.3 is 25.0 Å². The van der Waals surface area contributed by atoms with Gasteiger partial charge in [0.25, 0.3) is 0 Å². The van der Waals surface area contributed by atoms with Crippen LogP contribution >= 0.6 is 0 Å². The lowest BCUT2D eigenvalue weighted by Gasteiger charge is -2.21. The number of rotatable bonds is 11. The third-order valence-electron chi connectivity index (χ3n) is 5.95. The van der Waals surface area contributed by atoms with Crippen molar-refractivity contribution >= 4 is 45.3 Å². The van der Waals surface area contributed by atoms with Crippen LogP contribution in [0.5, 0.6) is 0 Å². The number of carbonyl (C=O) groups is 4. The smallest absolute Gasteiger partial charge is 0.309 e. The van der Waals surface area contributed by atoms with Crippen LogP contribution in [0.4, 0.5) is 0 Å². The van der Waals surface area contributed by atoms with E-state index in [0.717, 1.165) is 27.1 Å². The topological polar surface area (TPSA) is 114 Å².